The highest BCUT2D eigenvalue weighted by atomic mass is 32.2. The summed E-state index contributed by atoms with van der Waals surface area (Å²) in [6.07, 6.45) is 3.77. The third kappa shape index (κ3) is 3.09. The van der Waals surface area contributed by atoms with Crippen molar-refractivity contribution in [1.29, 1.82) is 0 Å². The molecular weight excluding hydrogens is 286 g/mol. The number of benzene rings is 1. The summed E-state index contributed by atoms with van der Waals surface area (Å²) in [7, 11) is -1.12. The van der Waals surface area contributed by atoms with E-state index in [-0.39, 0.29) is 5.25 Å². The molecule has 0 amide bonds. The van der Waals surface area contributed by atoms with Gasteiger partial charge in [0.25, 0.3) is 0 Å². The van der Waals surface area contributed by atoms with Gasteiger partial charge in [-0.1, -0.05) is 18.2 Å². The van der Waals surface area contributed by atoms with Crippen LogP contribution < -0.4 is 10.1 Å². The zero-order valence-electron chi connectivity index (χ0n) is 12.4. The fourth-order valence-corrected chi connectivity index (χ4v) is 5.21. The molecule has 4 nitrogen and oxygen atoms in total. The maximum absolute atomic E-state index is 11.8. The van der Waals surface area contributed by atoms with Crippen LogP contribution in [0.2, 0.25) is 0 Å². The highest BCUT2D eigenvalue weighted by molar-refractivity contribution is 7.92. The molecule has 1 aromatic carbocycles. The molecule has 2 fully saturated rings. The zero-order chi connectivity index (χ0) is 14.9. The number of para-hydroxylation sites is 1. The van der Waals surface area contributed by atoms with Crippen LogP contribution in [0.15, 0.2) is 24.3 Å². The Morgan fingerprint density at radius 2 is 2.05 bits per heavy atom. The molecule has 0 bridgehead atoms. The Bertz CT molecular complexity index is 593. The second-order valence-corrected chi connectivity index (χ2v) is 8.55. The van der Waals surface area contributed by atoms with Crippen LogP contribution in [0.3, 0.4) is 0 Å². The molecule has 0 radical (unpaired) electrons. The molecule has 0 aromatic heterocycles. The molecule has 1 atom stereocenters. The van der Waals surface area contributed by atoms with Crippen LogP contribution in [0, 0.1) is 0 Å². The van der Waals surface area contributed by atoms with E-state index in [4.69, 9.17) is 4.74 Å². The molecule has 21 heavy (non-hydrogen) atoms. The van der Waals surface area contributed by atoms with Crippen molar-refractivity contribution in [3.05, 3.63) is 29.8 Å². The SMILES string of the molecule is COc1ccccc1C1CC(NCC2CCCS2(=O)=O)C1. The topological polar surface area (TPSA) is 55.4 Å². The molecule has 1 aliphatic heterocycles. The third-order valence-corrected chi connectivity index (χ3v) is 7.09. The average molecular weight is 309 g/mol. The summed E-state index contributed by atoms with van der Waals surface area (Å²) in [6.45, 7) is 0.617. The van der Waals surface area contributed by atoms with Crippen LogP contribution in [0.1, 0.15) is 37.2 Å². The van der Waals surface area contributed by atoms with Gasteiger partial charge in [0.2, 0.25) is 0 Å². The Morgan fingerprint density at radius 1 is 1.29 bits per heavy atom. The molecule has 1 saturated heterocycles. The lowest BCUT2D eigenvalue weighted by Gasteiger charge is -2.37. The standard InChI is InChI=1S/C16H23NO3S/c1-20-16-7-3-2-6-15(16)12-9-13(10-12)17-11-14-5-4-8-21(14,18)19/h2-3,6-7,12-14,17H,4-5,8-11H2,1H3. The molecule has 0 spiro atoms. The summed E-state index contributed by atoms with van der Waals surface area (Å²) in [6, 6.07) is 8.60. The summed E-state index contributed by atoms with van der Waals surface area (Å²) < 4.78 is 29.0. The first-order valence-corrected chi connectivity index (χ1v) is 9.39. The van der Waals surface area contributed by atoms with Crippen molar-refractivity contribution in [3.8, 4) is 5.75 Å². The average Bonchev–Trinajstić information content (AvgIpc) is 2.76. The van der Waals surface area contributed by atoms with Crippen molar-refractivity contribution in [2.45, 2.75) is 42.9 Å². The first-order chi connectivity index (χ1) is 10.1. The number of hydrogen-bond acceptors (Lipinski definition) is 4. The second-order valence-electron chi connectivity index (χ2n) is 6.15. The molecule has 1 saturated carbocycles. The Labute approximate surface area is 126 Å². The smallest absolute Gasteiger partial charge is 0.154 e. The van der Waals surface area contributed by atoms with Crippen molar-refractivity contribution < 1.29 is 13.2 Å². The molecule has 1 unspecified atom stereocenters. The lowest BCUT2D eigenvalue weighted by Crippen LogP contribution is -2.44. The van der Waals surface area contributed by atoms with E-state index in [0.717, 1.165) is 31.4 Å². The Balaban J connectivity index is 1.50. The minimum absolute atomic E-state index is 0.164. The number of sulfone groups is 1. The van der Waals surface area contributed by atoms with Gasteiger partial charge in [-0.05, 0) is 43.2 Å². The van der Waals surface area contributed by atoms with E-state index in [9.17, 15) is 8.42 Å². The molecule has 2 aliphatic rings. The number of rotatable bonds is 5. The van der Waals surface area contributed by atoms with E-state index >= 15 is 0 Å². The van der Waals surface area contributed by atoms with Gasteiger partial charge in [-0.25, -0.2) is 8.42 Å². The predicted octanol–water partition coefficient (Wildman–Crippen LogP) is 2.11. The summed E-state index contributed by atoms with van der Waals surface area (Å²) in [4.78, 5) is 0. The largest absolute Gasteiger partial charge is 0.496 e. The summed E-state index contributed by atoms with van der Waals surface area (Å²) >= 11 is 0. The molecule has 1 aromatic rings. The van der Waals surface area contributed by atoms with E-state index in [1.807, 2.05) is 18.2 Å². The minimum Gasteiger partial charge on any atom is -0.496 e. The Kier molecular flexibility index (Phi) is 4.22. The fourth-order valence-electron chi connectivity index (χ4n) is 3.43. The summed E-state index contributed by atoms with van der Waals surface area (Å²) in [5.74, 6) is 1.85. The van der Waals surface area contributed by atoms with E-state index in [1.54, 1.807) is 7.11 Å². The summed E-state index contributed by atoms with van der Waals surface area (Å²) in [5.41, 5.74) is 1.27. The molecule has 5 heteroatoms. The first-order valence-electron chi connectivity index (χ1n) is 7.68. The van der Waals surface area contributed by atoms with Gasteiger partial charge < -0.3 is 10.1 Å². The Morgan fingerprint density at radius 3 is 2.71 bits per heavy atom. The normalized spacial score (nSPS) is 30.8. The van der Waals surface area contributed by atoms with Gasteiger partial charge in [0, 0.05) is 12.6 Å². The maximum atomic E-state index is 11.8. The molecule has 3 rings (SSSR count). The number of nitrogens with one attached hydrogen (secondary N) is 1. The minimum atomic E-state index is -2.83. The monoisotopic (exact) mass is 309 g/mol. The van der Waals surface area contributed by atoms with Crippen molar-refractivity contribution in [2.24, 2.45) is 0 Å². The van der Waals surface area contributed by atoms with Gasteiger partial charge in [-0.15, -0.1) is 0 Å². The van der Waals surface area contributed by atoms with Crippen molar-refractivity contribution >= 4 is 9.84 Å². The third-order valence-electron chi connectivity index (χ3n) is 4.81. The van der Waals surface area contributed by atoms with Crippen LogP contribution in [0.5, 0.6) is 5.75 Å². The van der Waals surface area contributed by atoms with E-state index in [0.29, 0.717) is 24.3 Å². The van der Waals surface area contributed by atoms with Gasteiger partial charge in [-0.2, -0.15) is 0 Å². The van der Waals surface area contributed by atoms with Gasteiger partial charge >= 0.3 is 0 Å². The quantitative estimate of drug-likeness (QED) is 0.905. The van der Waals surface area contributed by atoms with Gasteiger partial charge in [0.05, 0.1) is 18.1 Å². The molecule has 1 N–H and O–H groups in total. The number of methoxy groups -OCH3 is 1. The first kappa shape index (κ1) is 14.9. The van der Waals surface area contributed by atoms with Crippen molar-refractivity contribution in [3.63, 3.8) is 0 Å². The Hall–Kier alpha value is -1.07. The lowest BCUT2D eigenvalue weighted by molar-refractivity contribution is 0.283. The van der Waals surface area contributed by atoms with Crippen LogP contribution >= 0.6 is 0 Å². The van der Waals surface area contributed by atoms with Gasteiger partial charge in [0.1, 0.15) is 5.75 Å². The van der Waals surface area contributed by atoms with Crippen molar-refractivity contribution in [1.82, 2.24) is 5.32 Å². The molecular formula is C16H23NO3S. The van der Waals surface area contributed by atoms with Gasteiger partial charge in [-0.3, -0.25) is 0 Å². The molecule has 1 heterocycles. The van der Waals surface area contributed by atoms with Crippen LogP contribution in [0.25, 0.3) is 0 Å². The van der Waals surface area contributed by atoms with Gasteiger partial charge in [0.15, 0.2) is 9.84 Å². The number of hydrogen-bond donors (Lipinski definition) is 1. The van der Waals surface area contributed by atoms with Crippen LogP contribution in [-0.4, -0.2) is 39.1 Å². The number of ether oxygens (including phenoxy) is 1. The van der Waals surface area contributed by atoms with Crippen LogP contribution in [-0.2, 0) is 9.84 Å². The predicted molar refractivity (Wildman–Crippen MR) is 83.6 cm³/mol. The molecule has 1 aliphatic carbocycles. The van der Waals surface area contributed by atoms with E-state index in [1.165, 1.54) is 5.56 Å². The van der Waals surface area contributed by atoms with Crippen LogP contribution in [0.4, 0.5) is 0 Å². The fraction of sp³-hybridized carbons (Fsp3) is 0.625. The van der Waals surface area contributed by atoms with E-state index < -0.39 is 9.84 Å². The molecule has 116 valence electrons. The zero-order valence-corrected chi connectivity index (χ0v) is 13.2. The van der Waals surface area contributed by atoms with E-state index in [2.05, 4.69) is 11.4 Å². The second kappa shape index (κ2) is 5.97. The summed E-state index contributed by atoms with van der Waals surface area (Å²) in [5, 5.41) is 3.27. The highest BCUT2D eigenvalue weighted by Crippen LogP contribution is 2.41. The maximum Gasteiger partial charge on any atom is 0.154 e. The van der Waals surface area contributed by atoms with Crippen molar-refractivity contribution in [2.75, 3.05) is 19.4 Å². The highest BCUT2D eigenvalue weighted by Gasteiger charge is 2.35. The lowest BCUT2D eigenvalue weighted by atomic mass is 9.75.